The predicted molar refractivity (Wildman–Crippen MR) is 137 cm³/mol. The second-order valence-corrected chi connectivity index (χ2v) is 10.7. The lowest BCUT2D eigenvalue weighted by atomic mass is 9.94. The first-order chi connectivity index (χ1) is 15.6. The second kappa shape index (κ2) is 12.3. The maximum absolute atomic E-state index is 13.8. The molecular formula is C25H41N3O5S. The minimum Gasteiger partial charge on any atom is -0.507 e. The molecule has 0 aliphatic carbocycles. The number of phenolic OH excluding ortho intramolecular Hbond substituents is 1. The van der Waals surface area contributed by atoms with Gasteiger partial charge in [0.25, 0.3) is 0 Å². The smallest absolute Gasteiger partial charge is 0.408 e. The monoisotopic (exact) mass is 495 g/mol. The lowest BCUT2D eigenvalue weighted by Gasteiger charge is -2.43. The Labute approximate surface area is 209 Å². The van der Waals surface area contributed by atoms with E-state index in [9.17, 15) is 19.5 Å². The van der Waals surface area contributed by atoms with Crippen LogP contribution in [0.2, 0.25) is 0 Å². The lowest BCUT2D eigenvalue weighted by Crippen LogP contribution is -2.59. The van der Waals surface area contributed by atoms with Gasteiger partial charge in [0.1, 0.15) is 23.4 Å². The van der Waals surface area contributed by atoms with Crippen LogP contribution in [-0.4, -0.2) is 57.4 Å². The highest BCUT2D eigenvalue weighted by atomic mass is 32.1. The Morgan fingerprint density at radius 2 is 1.76 bits per heavy atom. The number of hydrogen-bond acceptors (Lipinski definition) is 6. The highest BCUT2D eigenvalue weighted by Gasteiger charge is 2.42. The number of nitrogens with one attached hydrogen (secondary N) is 2. The fraction of sp³-hybridized carbons (Fsp3) is 0.640. The molecule has 2 atom stereocenters. The Kier molecular flexibility index (Phi) is 10.7. The molecule has 3 N–H and O–H groups in total. The molecule has 0 aliphatic rings. The molecule has 34 heavy (non-hydrogen) atoms. The van der Waals surface area contributed by atoms with Crippen molar-refractivity contribution in [1.29, 1.82) is 0 Å². The van der Waals surface area contributed by atoms with Gasteiger partial charge in [-0.15, -0.1) is 0 Å². The van der Waals surface area contributed by atoms with Crippen LogP contribution in [0.3, 0.4) is 0 Å². The van der Waals surface area contributed by atoms with Crippen molar-refractivity contribution in [1.82, 2.24) is 15.5 Å². The van der Waals surface area contributed by atoms with Crippen LogP contribution in [0.1, 0.15) is 78.5 Å². The van der Waals surface area contributed by atoms with Crippen molar-refractivity contribution in [2.45, 2.75) is 91.5 Å². The van der Waals surface area contributed by atoms with E-state index in [0.717, 1.165) is 12.8 Å². The summed E-state index contributed by atoms with van der Waals surface area (Å²) in [7, 11) is 0. The van der Waals surface area contributed by atoms with E-state index in [0.29, 0.717) is 17.7 Å². The van der Waals surface area contributed by atoms with E-state index < -0.39 is 41.1 Å². The quantitative estimate of drug-likeness (QED) is 0.305. The van der Waals surface area contributed by atoms with E-state index >= 15 is 0 Å². The highest BCUT2D eigenvalue weighted by molar-refractivity contribution is 7.80. The van der Waals surface area contributed by atoms with Crippen molar-refractivity contribution < 1.29 is 24.2 Å². The van der Waals surface area contributed by atoms with Crippen LogP contribution in [0.4, 0.5) is 4.79 Å². The normalized spacial score (nSPS) is 13.6. The molecule has 1 rings (SSSR count). The van der Waals surface area contributed by atoms with E-state index in [1.54, 1.807) is 66.7 Å². The van der Waals surface area contributed by atoms with Crippen LogP contribution in [0.15, 0.2) is 18.2 Å². The lowest BCUT2D eigenvalue weighted by molar-refractivity contribution is -0.148. The topological polar surface area (TPSA) is 108 Å². The average molecular weight is 496 g/mol. The number of alkyl carbamates (subject to hydrolysis) is 1. The van der Waals surface area contributed by atoms with Crippen molar-refractivity contribution in [3.63, 3.8) is 0 Å². The number of carbonyl (C=O) groups excluding carboxylic acids is 3. The number of rotatable bonds is 9. The first-order valence-corrected chi connectivity index (χ1v) is 12.3. The Balaban J connectivity index is 3.50. The third-order valence-electron chi connectivity index (χ3n) is 5.03. The van der Waals surface area contributed by atoms with Crippen molar-refractivity contribution in [2.75, 3.05) is 12.3 Å². The summed E-state index contributed by atoms with van der Waals surface area (Å²) in [5.74, 6) is -0.977. The molecule has 0 radical (unpaired) electrons. The number of amides is 3. The molecule has 0 aromatic heterocycles. The van der Waals surface area contributed by atoms with Crippen molar-refractivity contribution >= 4 is 30.5 Å². The number of unbranched alkanes of at least 4 members (excludes halogenated alkanes) is 1. The number of ether oxygens (including phenoxy) is 1. The molecule has 0 aliphatic heterocycles. The molecule has 0 spiro atoms. The largest absolute Gasteiger partial charge is 0.507 e. The zero-order valence-corrected chi connectivity index (χ0v) is 22.6. The number of hydrogen-bond donors (Lipinski definition) is 4. The van der Waals surface area contributed by atoms with Gasteiger partial charge in [0, 0.05) is 23.4 Å². The van der Waals surface area contributed by atoms with Gasteiger partial charge in [-0.1, -0.05) is 31.5 Å². The summed E-state index contributed by atoms with van der Waals surface area (Å²) in [5.41, 5.74) is -0.681. The number of carbonyl (C=O) groups is 3. The zero-order valence-electron chi connectivity index (χ0n) is 21.7. The molecule has 3 amide bonds. The van der Waals surface area contributed by atoms with Crippen molar-refractivity contribution in [3.8, 4) is 5.75 Å². The number of benzene rings is 1. The molecule has 0 saturated carbocycles. The van der Waals surface area contributed by atoms with Gasteiger partial charge in [-0.2, -0.15) is 12.6 Å². The molecule has 0 fully saturated rings. The van der Waals surface area contributed by atoms with Crippen molar-refractivity contribution in [3.05, 3.63) is 29.3 Å². The summed E-state index contributed by atoms with van der Waals surface area (Å²) in [6.07, 6.45) is 0.918. The van der Waals surface area contributed by atoms with Gasteiger partial charge in [0.15, 0.2) is 0 Å². The summed E-state index contributed by atoms with van der Waals surface area (Å²) in [6.45, 7) is 14.8. The molecule has 0 bridgehead atoms. The maximum Gasteiger partial charge on any atom is 0.408 e. The van der Waals surface area contributed by atoms with Crippen LogP contribution < -0.4 is 10.6 Å². The van der Waals surface area contributed by atoms with Gasteiger partial charge >= 0.3 is 6.09 Å². The third kappa shape index (κ3) is 8.42. The molecule has 9 heteroatoms. The van der Waals surface area contributed by atoms with Crippen molar-refractivity contribution in [2.24, 2.45) is 0 Å². The third-order valence-corrected chi connectivity index (χ3v) is 5.40. The summed E-state index contributed by atoms with van der Waals surface area (Å²) in [4.78, 5) is 41.1. The summed E-state index contributed by atoms with van der Waals surface area (Å²) in [6, 6.07) is 2.93. The summed E-state index contributed by atoms with van der Waals surface area (Å²) < 4.78 is 5.30. The Morgan fingerprint density at radius 3 is 2.26 bits per heavy atom. The maximum atomic E-state index is 13.8. The van der Waals surface area contributed by atoms with Gasteiger partial charge in [0.2, 0.25) is 11.8 Å². The fourth-order valence-corrected chi connectivity index (χ4v) is 3.68. The first-order valence-electron chi connectivity index (χ1n) is 11.6. The van der Waals surface area contributed by atoms with E-state index in [1.165, 1.54) is 4.90 Å². The van der Waals surface area contributed by atoms with Gasteiger partial charge in [-0.05, 0) is 60.5 Å². The molecule has 0 heterocycles. The molecule has 8 nitrogen and oxygen atoms in total. The molecule has 1 aromatic rings. The van der Waals surface area contributed by atoms with Crippen LogP contribution >= 0.6 is 12.6 Å². The standard InChI is InChI=1S/C25H41N3O5S/c1-9-10-14-26-21(30)19(17-13-11-12-16(2)20(17)29)28(24(3,4)5)22(31)18(15-34)27-23(32)33-25(6,7)8/h11-13,18-19,29,34H,9-10,14-15H2,1-8H3,(H,26,30)(H,27,32). The minimum atomic E-state index is -1.12. The van der Waals surface area contributed by atoms with E-state index in [-0.39, 0.29) is 11.5 Å². The summed E-state index contributed by atoms with van der Waals surface area (Å²) in [5, 5.41) is 16.3. The SMILES string of the molecule is CCCCNC(=O)C(c1cccc(C)c1O)N(C(=O)C(CS)NC(=O)OC(C)(C)C)C(C)(C)C. The number of aromatic hydroxyl groups is 1. The molecule has 2 unspecified atom stereocenters. The fourth-order valence-electron chi connectivity index (χ4n) is 3.43. The number of para-hydroxylation sites is 1. The van der Waals surface area contributed by atoms with Crippen LogP contribution in [-0.2, 0) is 14.3 Å². The Morgan fingerprint density at radius 1 is 1.15 bits per heavy atom. The van der Waals surface area contributed by atoms with Gasteiger partial charge in [0.05, 0.1) is 0 Å². The van der Waals surface area contributed by atoms with Crippen LogP contribution in [0.5, 0.6) is 5.75 Å². The summed E-state index contributed by atoms with van der Waals surface area (Å²) >= 11 is 4.28. The number of phenols is 1. The molecular weight excluding hydrogens is 454 g/mol. The highest BCUT2D eigenvalue weighted by Crippen LogP contribution is 2.36. The predicted octanol–water partition coefficient (Wildman–Crippen LogP) is 4.11. The zero-order chi connectivity index (χ0) is 26.3. The minimum absolute atomic E-state index is 0.00533. The van der Waals surface area contributed by atoms with Gasteiger partial charge < -0.3 is 25.4 Å². The number of nitrogens with zero attached hydrogens (tertiary/aromatic N) is 1. The first kappa shape index (κ1) is 29.6. The second-order valence-electron chi connectivity index (χ2n) is 10.3. The van der Waals surface area contributed by atoms with E-state index in [4.69, 9.17) is 4.74 Å². The average Bonchev–Trinajstić information content (AvgIpc) is 2.70. The molecule has 1 aromatic carbocycles. The van der Waals surface area contributed by atoms with Crippen LogP contribution in [0, 0.1) is 6.92 Å². The van der Waals surface area contributed by atoms with Gasteiger partial charge in [-0.3, -0.25) is 9.59 Å². The molecule has 192 valence electrons. The Hall–Kier alpha value is -2.42. The van der Waals surface area contributed by atoms with Crippen LogP contribution in [0.25, 0.3) is 0 Å². The number of aryl methyl sites for hydroxylation is 1. The van der Waals surface area contributed by atoms with Gasteiger partial charge in [-0.25, -0.2) is 4.79 Å². The number of thiol groups is 1. The Bertz CT molecular complexity index is 861. The van der Waals surface area contributed by atoms with E-state index in [2.05, 4.69) is 23.3 Å². The van der Waals surface area contributed by atoms with E-state index in [1.807, 2.05) is 6.92 Å². The molecule has 0 saturated heterocycles.